The van der Waals surface area contributed by atoms with Gasteiger partial charge in [0, 0.05) is 12.6 Å². The fourth-order valence-electron chi connectivity index (χ4n) is 2.12. The summed E-state index contributed by atoms with van der Waals surface area (Å²) in [5.74, 6) is 0.138. The van der Waals surface area contributed by atoms with Crippen LogP contribution in [0.25, 0.3) is 0 Å². The van der Waals surface area contributed by atoms with Crippen LogP contribution in [0.5, 0.6) is 0 Å². The predicted molar refractivity (Wildman–Crippen MR) is 67.0 cm³/mol. The molecule has 0 heterocycles. The highest BCUT2D eigenvalue weighted by atomic mass is 16.2. The van der Waals surface area contributed by atoms with Crippen molar-refractivity contribution in [2.75, 3.05) is 6.54 Å². The van der Waals surface area contributed by atoms with E-state index in [2.05, 4.69) is 26.1 Å². The van der Waals surface area contributed by atoms with Crippen LogP contribution in [0.2, 0.25) is 0 Å². The second-order valence-corrected chi connectivity index (χ2v) is 6.12. The van der Waals surface area contributed by atoms with Crippen molar-refractivity contribution in [2.45, 2.75) is 59.4 Å². The molecule has 3 heteroatoms. The van der Waals surface area contributed by atoms with E-state index in [4.69, 9.17) is 5.73 Å². The molecular formula is C13H26N2O. The Morgan fingerprint density at radius 2 is 2.19 bits per heavy atom. The molecule has 1 amide bonds. The Kier molecular flexibility index (Phi) is 4.00. The molecule has 3 N–H and O–H groups in total. The molecule has 0 spiro atoms. The summed E-state index contributed by atoms with van der Waals surface area (Å²) in [5.41, 5.74) is 5.86. The van der Waals surface area contributed by atoms with Crippen molar-refractivity contribution in [3.8, 4) is 0 Å². The molecule has 1 rings (SSSR count). The van der Waals surface area contributed by atoms with Crippen molar-refractivity contribution < 1.29 is 4.79 Å². The third-order valence-corrected chi connectivity index (χ3v) is 4.23. The monoisotopic (exact) mass is 226 g/mol. The second kappa shape index (κ2) is 4.74. The number of hydrogen-bond donors (Lipinski definition) is 2. The van der Waals surface area contributed by atoms with Gasteiger partial charge in [0.15, 0.2) is 0 Å². The van der Waals surface area contributed by atoms with Gasteiger partial charge in [0.2, 0.25) is 5.91 Å². The van der Waals surface area contributed by atoms with Crippen molar-refractivity contribution in [1.29, 1.82) is 0 Å². The molecule has 0 aromatic rings. The van der Waals surface area contributed by atoms with Crippen molar-refractivity contribution in [3.63, 3.8) is 0 Å². The van der Waals surface area contributed by atoms with Gasteiger partial charge in [-0.1, -0.05) is 27.2 Å². The van der Waals surface area contributed by atoms with Gasteiger partial charge in [-0.05, 0) is 31.6 Å². The van der Waals surface area contributed by atoms with Crippen LogP contribution in [0.15, 0.2) is 0 Å². The summed E-state index contributed by atoms with van der Waals surface area (Å²) in [4.78, 5) is 12.1. The molecule has 3 nitrogen and oxygen atoms in total. The maximum Gasteiger partial charge on any atom is 0.227 e. The summed E-state index contributed by atoms with van der Waals surface area (Å²) in [7, 11) is 0. The van der Waals surface area contributed by atoms with Crippen LogP contribution in [-0.4, -0.2) is 18.5 Å². The Hall–Kier alpha value is -0.570. The summed E-state index contributed by atoms with van der Waals surface area (Å²) in [6.07, 6.45) is 4.03. The van der Waals surface area contributed by atoms with Gasteiger partial charge in [-0.15, -0.1) is 0 Å². The van der Waals surface area contributed by atoms with Crippen LogP contribution in [0.3, 0.4) is 0 Å². The molecule has 1 aliphatic carbocycles. The smallest absolute Gasteiger partial charge is 0.227 e. The molecule has 0 aromatic heterocycles. The number of nitrogens with one attached hydrogen (secondary N) is 1. The minimum atomic E-state index is -0.343. The molecule has 0 aliphatic heterocycles. The predicted octanol–water partition coefficient (Wildman–Crippen LogP) is 2.06. The Morgan fingerprint density at radius 1 is 1.56 bits per heavy atom. The van der Waals surface area contributed by atoms with Crippen LogP contribution in [0, 0.1) is 10.8 Å². The molecule has 0 aromatic carbocycles. The first-order chi connectivity index (χ1) is 7.32. The molecule has 0 saturated heterocycles. The maximum atomic E-state index is 12.1. The summed E-state index contributed by atoms with van der Waals surface area (Å²) in [6.45, 7) is 9.23. The van der Waals surface area contributed by atoms with E-state index in [1.165, 1.54) is 0 Å². The maximum absolute atomic E-state index is 12.1. The number of hydrogen-bond acceptors (Lipinski definition) is 2. The van der Waals surface area contributed by atoms with Gasteiger partial charge in [0.05, 0.1) is 5.41 Å². The van der Waals surface area contributed by atoms with E-state index in [0.717, 1.165) is 32.2 Å². The van der Waals surface area contributed by atoms with E-state index in [1.54, 1.807) is 0 Å². The molecule has 0 bridgehead atoms. The highest BCUT2D eigenvalue weighted by molar-refractivity contribution is 5.83. The molecule has 2 unspecified atom stereocenters. The Balaban J connectivity index is 2.53. The van der Waals surface area contributed by atoms with E-state index in [9.17, 15) is 4.79 Å². The molecule has 94 valence electrons. The lowest BCUT2D eigenvalue weighted by atomic mass is 9.83. The standard InChI is InChI=1S/C13H26N2O/c1-5-12(2,3)9-15-11(16)13(4)8-6-7-10(13)14/h10H,5-9,14H2,1-4H3,(H,15,16). The number of nitrogens with two attached hydrogens (primary N) is 1. The fraction of sp³-hybridized carbons (Fsp3) is 0.923. The van der Waals surface area contributed by atoms with Gasteiger partial charge in [-0.2, -0.15) is 0 Å². The Labute approximate surface area is 99.2 Å². The van der Waals surface area contributed by atoms with Gasteiger partial charge >= 0.3 is 0 Å². The van der Waals surface area contributed by atoms with E-state index < -0.39 is 0 Å². The third kappa shape index (κ3) is 2.76. The second-order valence-electron chi connectivity index (χ2n) is 6.12. The summed E-state index contributed by atoms with van der Waals surface area (Å²) in [5, 5.41) is 3.07. The molecule has 2 atom stereocenters. The minimum absolute atomic E-state index is 0.0252. The molecule has 1 aliphatic rings. The molecule has 1 saturated carbocycles. The summed E-state index contributed by atoms with van der Waals surface area (Å²) in [6, 6.07) is 0.0252. The van der Waals surface area contributed by atoms with Gasteiger partial charge < -0.3 is 11.1 Å². The van der Waals surface area contributed by atoms with Crippen LogP contribution in [-0.2, 0) is 4.79 Å². The Morgan fingerprint density at radius 3 is 2.62 bits per heavy atom. The molecule has 16 heavy (non-hydrogen) atoms. The summed E-state index contributed by atoms with van der Waals surface area (Å²) >= 11 is 0. The average Bonchev–Trinajstić information content (AvgIpc) is 2.57. The van der Waals surface area contributed by atoms with Crippen LogP contribution in [0.4, 0.5) is 0 Å². The zero-order chi connectivity index (χ0) is 12.4. The zero-order valence-electron chi connectivity index (χ0n) is 11.1. The fourth-order valence-corrected chi connectivity index (χ4v) is 2.12. The van der Waals surface area contributed by atoms with Crippen molar-refractivity contribution in [3.05, 3.63) is 0 Å². The summed E-state index contributed by atoms with van der Waals surface area (Å²) < 4.78 is 0. The largest absolute Gasteiger partial charge is 0.355 e. The van der Waals surface area contributed by atoms with Gasteiger partial charge in [0.1, 0.15) is 0 Å². The van der Waals surface area contributed by atoms with Gasteiger partial charge in [-0.3, -0.25) is 4.79 Å². The lowest BCUT2D eigenvalue weighted by Crippen LogP contribution is -2.49. The van der Waals surface area contributed by atoms with Crippen molar-refractivity contribution >= 4 is 5.91 Å². The molecule has 1 fully saturated rings. The Bertz CT molecular complexity index is 263. The number of carbonyl (C=O) groups is 1. The zero-order valence-corrected chi connectivity index (χ0v) is 11.1. The quantitative estimate of drug-likeness (QED) is 0.771. The lowest BCUT2D eigenvalue weighted by Gasteiger charge is -2.30. The van der Waals surface area contributed by atoms with Gasteiger partial charge in [0.25, 0.3) is 0 Å². The number of rotatable bonds is 4. The first-order valence-corrected chi connectivity index (χ1v) is 6.36. The SMILES string of the molecule is CCC(C)(C)CNC(=O)C1(C)CCCC1N. The van der Waals surface area contributed by atoms with Crippen molar-refractivity contribution in [1.82, 2.24) is 5.32 Å². The van der Waals surface area contributed by atoms with E-state index in [0.29, 0.717) is 0 Å². The van der Waals surface area contributed by atoms with Crippen LogP contribution in [0.1, 0.15) is 53.4 Å². The first kappa shape index (κ1) is 13.5. The minimum Gasteiger partial charge on any atom is -0.355 e. The first-order valence-electron chi connectivity index (χ1n) is 6.36. The van der Waals surface area contributed by atoms with E-state index in [1.807, 2.05) is 6.92 Å². The van der Waals surface area contributed by atoms with E-state index >= 15 is 0 Å². The topological polar surface area (TPSA) is 55.1 Å². The van der Waals surface area contributed by atoms with E-state index in [-0.39, 0.29) is 22.8 Å². The van der Waals surface area contributed by atoms with Crippen LogP contribution >= 0.6 is 0 Å². The van der Waals surface area contributed by atoms with Crippen LogP contribution < -0.4 is 11.1 Å². The highest BCUT2D eigenvalue weighted by Gasteiger charge is 2.43. The number of amides is 1. The van der Waals surface area contributed by atoms with Crippen molar-refractivity contribution in [2.24, 2.45) is 16.6 Å². The molecular weight excluding hydrogens is 200 g/mol. The molecule has 0 radical (unpaired) electrons. The third-order valence-electron chi connectivity index (χ3n) is 4.23. The lowest BCUT2D eigenvalue weighted by molar-refractivity contribution is -0.131. The average molecular weight is 226 g/mol. The highest BCUT2D eigenvalue weighted by Crippen LogP contribution is 2.37. The van der Waals surface area contributed by atoms with Gasteiger partial charge in [-0.25, -0.2) is 0 Å². The normalized spacial score (nSPS) is 30.4. The number of carbonyl (C=O) groups excluding carboxylic acids is 1.